The fourth-order valence-electron chi connectivity index (χ4n) is 3.91. The minimum absolute atomic E-state index is 0.0421. The van der Waals surface area contributed by atoms with Crippen molar-refractivity contribution >= 4 is 11.7 Å². The van der Waals surface area contributed by atoms with Crippen LogP contribution in [-0.2, 0) is 9.59 Å². The maximum absolute atomic E-state index is 12.6. The number of nitrogens with one attached hydrogen (secondary N) is 2. The van der Waals surface area contributed by atoms with Crippen molar-refractivity contribution in [3.63, 3.8) is 0 Å². The summed E-state index contributed by atoms with van der Waals surface area (Å²) in [4.78, 5) is 23.3. The van der Waals surface area contributed by atoms with Crippen molar-refractivity contribution in [3.8, 4) is 5.75 Å². The average Bonchev–Trinajstić information content (AvgIpc) is 3.19. The largest absolute Gasteiger partial charge is 0.484 e. The number of allylic oxidation sites excluding steroid dienone is 2. The number of alkyl halides is 3. The molecule has 0 bridgehead atoms. The Morgan fingerprint density at radius 1 is 1.00 bits per heavy atom. The van der Waals surface area contributed by atoms with Gasteiger partial charge in [-0.15, -0.1) is 0 Å². The lowest BCUT2D eigenvalue weighted by Gasteiger charge is -2.22. The van der Waals surface area contributed by atoms with Crippen LogP contribution in [0.1, 0.15) is 62.8 Å². The van der Waals surface area contributed by atoms with E-state index in [9.17, 15) is 22.8 Å². The highest BCUT2D eigenvalue weighted by molar-refractivity contribution is 6.00. The Balaban J connectivity index is 1.47. The zero-order valence-electron chi connectivity index (χ0n) is 16.1. The molecule has 1 fully saturated rings. The van der Waals surface area contributed by atoms with Crippen LogP contribution in [0.25, 0.3) is 0 Å². The second kappa shape index (κ2) is 9.33. The molecule has 1 saturated carbocycles. The van der Waals surface area contributed by atoms with Gasteiger partial charge in [-0.25, -0.2) is 0 Å². The first-order valence-corrected chi connectivity index (χ1v) is 9.96. The summed E-state index contributed by atoms with van der Waals surface area (Å²) in [6, 6.07) is 7.67. The van der Waals surface area contributed by atoms with Gasteiger partial charge in [0.2, 0.25) is 0 Å². The summed E-state index contributed by atoms with van der Waals surface area (Å²) in [5, 5.41) is 0. The van der Waals surface area contributed by atoms with Gasteiger partial charge in [-0.3, -0.25) is 15.0 Å². The van der Waals surface area contributed by atoms with E-state index in [0.717, 1.165) is 0 Å². The van der Waals surface area contributed by atoms with Gasteiger partial charge in [0, 0.05) is 11.3 Å². The van der Waals surface area contributed by atoms with Crippen molar-refractivity contribution in [2.24, 2.45) is 0 Å². The number of hydrazine groups is 1. The third-order valence-corrected chi connectivity index (χ3v) is 5.43. The molecule has 0 radical (unpaired) electrons. The number of amides is 1. The second-order valence-corrected chi connectivity index (χ2v) is 7.50. The van der Waals surface area contributed by atoms with Gasteiger partial charge in [0.15, 0.2) is 6.61 Å². The van der Waals surface area contributed by atoms with Crippen molar-refractivity contribution in [3.05, 3.63) is 41.1 Å². The highest BCUT2D eigenvalue weighted by atomic mass is 19.4. The molecule has 0 aliphatic heterocycles. The summed E-state index contributed by atoms with van der Waals surface area (Å²) >= 11 is 0. The van der Waals surface area contributed by atoms with E-state index in [0.29, 0.717) is 18.1 Å². The van der Waals surface area contributed by atoms with Crippen molar-refractivity contribution in [1.29, 1.82) is 0 Å². The minimum Gasteiger partial charge on any atom is -0.484 e. The Kier molecular flexibility index (Phi) is 6.82. The molecule has 0 aromatic heterocycles. The fourth-order valence-corrected chi connectivity index (χ4v) is 3.91. The highest BCUT2D eigenvalue weighted by Gasteiger charge is 2.42. The topological polar surface area (TPSA) is 67.4 Å². The minimum atomic E-state index is -4.91. The standard InChI is InChI=1S/C21H25F3N2O3/c22-21(23,24)20(28)17-7-4-8-18(17)25-26-19(27)13-29-16-11-9-15(10-12-16)14-5-2-1-3-6-14/h9-12,14,25H,1-8,13H2,(H,26,27). The molecule has 0 unspecified atom stereocenters. The summed E-state index contributed by atoms with van der Waals surface area (Å²) in [5.41, 5.74) is 5.82. The molecule has 2 aliphatic carbocycles. The molecule has 5 nitrogen and oxygen atoms in total. The van der Waals surface area contributed by atoms with Gasteiger partial charge in [0.05, 0.1) is 0 Å². The van der Waals surface area contributed by atoms with E-state index in [4.69, 9.17) is 4.74 Å². The van der Waals surface area contributed by atoms with E-state index in [1.165, 1.54) is 37.7 Å². The second-order valence-electron chi connectivity index (χ2n) is 7.50. The lowest BCUT2D eigenvalue weighted by Crippen LogP contribution is -2.40. The maximum atomic E-state index is 12.6. The number of halogens is 3. The fraction of sp³-hybridized carbons (Fsp3) is 0.524. The van der Waals surface area contributed by atoms with Crippen LogP contribution in [-0.4, -0.2) is 24.5 Å². The quantitative estimate of drug-likeness (QED) is 0.658. The number of ketones is 1. The highest BCUT2D eigenvalue weighted by Crippen LogP contribution is 2.33. The van der Waals surface area contributed by atoms with Crippen molar-refractivity contribution in [2.45, 2.75) is 63.5 Å². The van der Waals surface area contributed by atoms with Crippen LogP contribution in [0.5, 0.6) is 5.75 Å². The molecule has 1 aromatic carbocycles. The molecule has 2 N–H and O–H groups in total. The Hall–Kier alpha value is -2.51. The molecule has 1 aromatic rings. The summed E-state index contributed by atoms with van der Waals surface area (Å²) in [5.74, 6) is -1.27. The Bertz CT molecular complexity index is 766. The SMILES string of the molecule is O=C(COc1ccc(C2CCCCC2)cc1)NNC1=C(C(=O)C(F)(F)F)CCC1. The molecular formula is C21H25F3N2O3. The van der Waals surface area contributed by atoms with E-state index >= 15 is 0 Å². The smallest absolute Gasteiger partial charge is 0.454 e. The predicted molar refractivity (Wildman–Crippen MR) is 101 cm³/mol. The third-order valence-electron chi connectivity index (χ3n) is 5.43. The third kappa shape index (κ3) is 5.74. The molecule has 0 atom stereocenters. The lowest BCUT2D eigenvalue weighted by atomic mass is 9.84. The summed E-state index contributed by atoms with van der Waals surface area (Å²) in [6.45, 7) is -0.286. The van der Waals surface area contributed by atoms with Crippen LogP contribution < -0.4 is 15.6 Å². The maximum Gasteiger partial charge on any atom is 0.454 e. The Labute approximate surface area is 167 Å². The Morgan fingerprint density at radius 2 is 1.69 bits per heavy atom. The Morgan fingerprint density at radius 3 is 2.34 bits per heavy atom. The zero-order valence-corrected chi connectivity index (χ0v) is 16.1. The van der Waals surface area contributed by atoms with Crippen LogP contribution in [0, 0.1) is 0 Å². The van der Waals surface area contributed by atoms with Crippen molar-refractivity contribution < 1.29 is 27.5 Å². The van der Waals surface area contributed by atoms with E-state index in [1.807, 2.05) is 24.3 Å². The van der Waals surface area contributed by atoms with Crippen LogP contribution in [0.2, 0.25) is 0 Å². The number of carbonyl (C=O) groups excluding carboxylic acids is 2. The number of hydrogen-bond acceptors (Lipinski definition) is 4. The normalized spacial score (nSPS) is 17.9. The first-order valence-electron chi connectivity index (χ1n) is 9.96. The van der Waals surface area contributed by atoms with Crippen LogP contribution in [0.3, 0.4) is 0 Å². The monoisotopic (exact) mass is 410 g/mol. The first kappa shape index (κ1) is 21.2. The summed E-state index contributed by atoms with van der Waals surface area (Å²) in [7, 11) is 0. The number of rotatable bonds is 7. The molecule has 0 saturated heterocycles. The molecule has 0 spiro atoms. The van der Waals surface area contributed by atoms with Crippen molar-refractivity contribution in [1.82, 2.24) is 10.9 Å². The molecular weight excluding hydrogens is 385 g/mol. The number of benzene rings is 1. The molecule has 0 heterocycles. The van der Waals surface area contributed by atoms with Crippen LogP contribution >= 0.6 is 0 Å². The zero-order chi connectivity index (χ0) is 20.9. The van der Waals surface area contributed by atoms with Gasteiger partial charge in [0.1, 0.15) is 5.75 Å². The van der Waals surface area contributed by atoms with Gasteiger partial charge in [-0.05, 0) is 55.7 Å². The molecule has 1 amide bonds. The predicted octanol–water partition coefficient (Wildman–Crippen LogP) is 4.30. The molecule has 29 heavy (non-hydrogen) atoms. The number of hydrogen-bond donors (Lipinski definition) is 2. The van der Waals surface area contributed by atoms with Gasteiger partial charge in [0.25, 0.3) is 11.7 Å². The average molecular weight is 410 g/mol. The van der Waals surface area contributed by atoms with E-state index < -0.39 is 17.9 Å². The van der Waals surface area contributed by atoms with E-state index in [1.54, 1.807) is 0 Å². The van der Waals surface area contributed by atoms with Gasteiger partial charge < -0.3 is 10.2 Å². The molecule has 3 rings (SSSR count). The van der Waals surface area contributed by atoms with Gasteiger partial charge in [-0.2, -0.15) is 13.2 Å². The summed E-state index contributed by atoms with van der Waals surface area (Å²) < 4.78 is 43.3. The first-order chi connectivity index (χ1) is 13.8. The number of carbonyl (C=O) groups is 2. The van der Waals surface area contributed by atoms with Crippen molar-refractivity contribution in [2.75, 3.05) is 6.61 Å². The number of Topliss-reactive ketones (excluding diaryl/α,β-unsaturated/α-hetero) is 1. The van der Waals surface area contributed by atoms with Gasteiger partial charge in [-0.1, -0.05) is 31.4 Å². The molecule has 8 heteroatoms. The lowest BCUT2D eigenvalue weighted by molar-refractivity contribution is -0.166. The summed E-state index contributed by atoms with van der Waals surface area (Å²) in [6.07, 6.45) is 2.03. The van der Waals surface area contributed by atoms with E-state index in [2.05, 4.69) is 10.9 Å². The van der Waals surface area contributed by atoms with Gasteiger partial charge >= 0.3 is 6.18 Å². The number of ether oxygens (including phenoxy) is 1. The molecule has 2 aliphatic rings. The van der Waals surface area contributed by atoms with Crippen LogP contribution in [0.4, 0.5) is 13.2 Å². The van der Waals surface area contributed by atoms with E-state index in [-0.39, 0.29) is 30.7 Å². The van der Waals surface area contributed by atoms with Crippen LogP contribution in [0.15, 0.2) is 35.5 Å². The molecule has 158 valence electrons.